The van der Waals surface area contributed by atoms with Crippen molar-refractivity contribution in [3.05, 3.63) is 29.6 Å². The second-order valence-corrected chi connectivity index (χ2v) is 5.08. The first kappa shape index (κ1) is 19.0. The fraction of sp³-hybridized carbons (Fsp3) is 0.467. The molecule has 0 aliphatic carbocycles. The van der Waals surface area contributed by atoms with Gasteiger partial charge in [0.1, 0.15) is 11.5 Å². The number of carbonyl (C=O) groups excluding carboxylic acids is 2. The van der Waals surface area contributed by atoms with Crippen molar-refractivity contribution < 1.29 is 27.9 Å². The number of aliphatic hydroxyl groups is 1. The van der Waals surface area contributed by atoms with Crippen LogP contribution in [0.4, 0.5) is 18.9 Å². The number of hydrogen-bond acceptors (Lipinski definition) is 3. The van der Waals surface area contributed by atoms with Crippen molar-refractivity contribution in [2.24, 2.45) is 5.92 Å². The molecular formula is C15H19F3N2O3. The lowest BCUT2D eigenvalue weighted by atomic mass is 10.0. The largest absolute Gasteiger partial charge is 0.396 e. The van der Waals surface area contributed by atoms with Gasteiger partial charge in [0.2, 0.25) is 0 Å². The Morgan fingerprint density at radius 2 is 1.74 bits per heavy atom. The van der Waals surface area contributed by atoms with E-state index in [0.29, 0.717) is 18.6 Å². The van der Waals surface area contributed by atoms with Gasteiger partial charge in [0.05, 0.1) is 0 Å². The van der Waals surface area contributed by atoms with Gasteiger partial charge in [-0.25, -0.2) is 13.2 Å². The van der Waals surface area contributed by atoms with Crippen molar-refractivity contribution in [2.45, 2.75) is 26.2 Å². The summed E-state index contributed by atoms with van der Waals surface area (Å²) >= 11 is 0. The average Bonchev–Trinajstić information content (AvgIpc) is 2.48. The molecule has 8 heteroatoms. The predicted octanol–water partition coefficient (Wildman–Crippen LogP) is 1.96. The van der Waals surface area contributed by atoms with Crippen LogP contribution in [0, 0.1) is 23.4 Å². The predicted molar refractivity (Wildman–Crippen MR) is 78.1 cm³/mol. The summed E-state index contributed by atoms with van der Waals surface area (Å²) < 4.78 is 39.6. The van der Waals surface area contributed by atoms with Crippen LogP contribution in [0.3, 0.4) is 0 Å². The molecule has 1 atom stereocenters. The van der Waals surface area contributed by atoms with Gasteiger partial charge in [-0.1, -0.05) is 13.3 Å². The molecule has 5 nitrogen and oxygen atoms in total. The maximum absolute atomic E-state index is 13.4. The molecule has 0 radical (unpaired) electrons. The Morgan fingerprint density at radius 1 is 1.13 bits per heavy atom. The van der Waals surface area contributed by atoms with E-state index in [2.05, 4.69) is 5.32 Å². The van der Waals surface area contributed by atoms with Gasteiger partial charge in [-0.2, -0.15) is 0 Å². The summed E-state index contributed by atoms with van der Waals surface area (Å²) in [5.41, 5.74) is -0.882. The Labute approximate surface area is 131 Å². The first-order valence-corrected chi connectivity index (χ1v) is 7.23. The van der Waals surface area contributed by atoms with Crippen molar-refractivity contribution in [3.8, 4) is 0 Å². The second-order valence-electron chi connectivity index (χ2n) is 5.08. The Morgan fingerprint density at radius 3 is 2.26 bits per heavy atom. The standard InChI is InChI=1S/C15H19F3N2O3/c1-2-3-9(4-5-21)8-19-14(22)15(23)20-13-11(17)6-10(16)7-12(13)18/h6-7,9,21H,2-5,8H2,1H3,(H,19,22)(H,20,23). The Bertz CT molecular complexity index is 538. The fourth-order valence-electron chi connectivity index (χ4n) is 2.09. The SMILES string of the molecule is CCCC(CCO)CNC(=O)C(=O)Nc1c(F)cc(F)cc1F. The molecule has 2 amide bonds. The fourth-order valence-corrected chi connectivity index (χ4v) is 2.09. The van der Waals surface area contributed by atoms with Crippen LogP contribution >= 0.6 is 0 Å². The molecule has 1 aromatic carbocycles. The van der Waals surface area contributed by atoms with E-state index in [1.807, 2.05) is 6.92 Å². The van der Waals surface area contributed by atoms with Crippen LogP contribution in [-0.4, -0.2) is 30.1 Å². The molecule has 0 bridgehead atoms. The van der Waals surface area contributed by atoms with E-state index in [4.69, 9.17) is 5.11 Å². The highest BCUT2D eigenvalue weighted by atomic mass is 19.1. The molecule has 0 aliphatic rings. The molecule has 0 aliphatic heterocycles. The van der Waals surface area contributed by atoms with Gasteiger partial charge in [-0.05, 0) is 18.8 Å². The van der Waals surface area contributed by atoms with Crippen molar-refractivity contribution >= 4 is 17.5 Å². The molecule has 3 N–H and O–H groups in total. The maximum atomic E-state index is 13.4. The van der Waals surface area contributed by atoms with Gasteiger partial charge >= 0.3 is 11.8 Å². The third-order valence-electron chi connectivity index (χ3n) is 3.24. The first-order valence-electron chi connectivity index (χ1n) is 7.23. The summed E-state index contributed by atoms with van der Waals surface area (Å²) in [6, 6.07) is 0.796. The number of halogens is 3. The number of benzene rings is 1. The molecule has 0 fully saturated rings. The minimum Gasteiger partial charge on any atom is -0.396 e. The molecule has 1 aromatic rings. The summed E-state index contributed by atoms with van der Waals surface area (Å²) in [5, 5.41) is 13.0. The summed E-state index contributed by atoms with van der Waals surface area (Å²) in [5.74, 6) is -6.07. The number of nitrogens with one attached hydrogen (secondary N) is 2. The number of rotatable bonds is 7. The molecule has 0 aromatic heterocycles. The van der Waals surface area contributed by atoms with E-state index < -0.39 is 35.0 Å². The number of hydrogen-bond donors (Lipinski definition) is 3. The van der Waals surface area contributed by atoms with Gasteiger partial charge in [-0.3, -0.25) is 9.59 Å². The highest BCUT2D eigenvalue weighted by Crippen LogP contribution is 2.20. The lowest BCUT2D eigenvalue weighted by molar-refractivity contribution is -0.136. The molecule has 0 spiro atoms. The van der Waals surface area contributed by atoms with Gasteiger partial charge in [0.25, 0.3) is 0 Å². The average molecular weight is 332 g/mol. The maximum Gasteiger partial charge on any atom is 0.313 e. The summed E-state index contributed by atoms with van der Waals surface area (Å²) in [6.07, 6.45) is 2.07. The van der Waals surface area contributed by atoms with E-state index in [1.165, 1.54) is 0 Å². The van der Waals surface area contributed by atoms with Crippen molar-refractivity contribution in [2.75, 3.05) is 18.5 Å². The Hall–Kier alpha value is -2.09. The zero-order chi connectivity index (χ0) is 17.4. The topological polar surface area (TPSA) is 78.4 Å². The van der Waals surface area contributed by atoms with E-state index >= 15 is 0 Å². The minimum absolute atomic E-state index is 0.000966. The number of anilines is 1. The summed E-state index contributed by atoms with van der Waals surface area (Å²) in [7, 11) is 0. The quantitative estimate of drug-likeness (QED) is 0.668. The third kappa shape index (κ3) is 5.90. The number of carbonyl (C=O) groups is 2. The van der Waals surface area contributed by atoms with Crippen LogP contribution < -0.4 is 10.6 Å². The summed E-state index contributed by atoms with van der Waals surface area (Å²) in [6.45, 7) is 2.06. The van der Waals surface area contributed by atoms with Crippen LogP contribution in [0.1, 0.15) is 26.2 Å². The first-order chi connectivity index (χ1) is 10.9. The van der Waals surface area contributed by atoms with E-state index in [-0.39, 0.29) is 19.1 Å². The van der Waals surface area contributed by atoms with Crippen LogP contribution in [0.15, 0.2) is 12.1 Å². The number of amides is 2. The third-order valence-corrected chi connectivity index (χ3v) is 3.24. The molecular weight excluding hydrogens is 313 g/mol. The Balaban J connectivity index is 2.62. The zero-order valence-corrected chi connectivity index (χ0v) is 12.7. The van der Waals surface area contributed by atoms with Gasteiger partial charge < -0.3 is 15.7 Å². The molecule has 0 heterocycles. The number of aliphatic hydroxyl groups excluding tert-OH is 1. The summed E-state index contributed by atoms with van der Waals surface area (Å²) in [4.78, 5) is 23.3. The second kappa shape index (κ2) is 9.14. The smallest absolute Gasteiger partial charge is 0.313 e. The van der Waals surface area contributed by atoms with Gasteiger partial charge in [0.15, 0.2) is 11.6 Å². The van der Waals surface area contributed by atoms with E-state index in [9.17, 15) is 22.8 Å². The van der Waals surface area contributed by atoms with Gasteiger partial charge in [-0.15, -0.1) is 0 Å². The lowest BCUT2D eigenvalue weighted by Crippen LogP contribution is -2.38. The minimum atomic E-state index is -1.31. The van der Waals surface area contributed by atoms with Crippen molar-refractivity contribution in [3.63, 3.8) is 0 Å². The van der Waals surface area contributed by atoms with Crippen molar-refractivity contribution in [1.29, 1.82) is 0 Å². The molecule has 1 rings (SSSR count). The normalized spacial score (nSPS) is 11.9. The monoisotopic (exact) mass is 332 g/mol. The molecule has 128 valence electrons. The zero-order valence-electron chi connectivity index (χ0n) is 12.7. The molecule has 23 heavy (non-hydrogen) atoms. The molecule has 1 unspecified atom stereocenters. The van der Waals surface area contributed by atoms with Crippen LogP contribution in [0.5, 0.6) is 0 Å². The van der Waals surface area contributed by atoms with Gasteiger partial charge in [0, 0.05) is 25.3 Å². The van der Waals surface area contributed by atoms with Crippen LogP contribution in [0.2, 0.25) is 0 Å². The lowest BCUT2D eigenvalue weighted by Gasteiger charge is -2.15. The van der Waals surface area contributed by atoms with Crippen LogP contribution in [0.25, 0.3) is 0 Å². The van der Waals surface area contributed by atoms with E-state index in [0.717, 1.165) is 12.8 Å². The van der Waals surface area contributed by atoms with Crippen LogP contribution in [-0.2, 0) is 9.59 Å². The highest BCUT2D eigenvalue weighted by Gasteiger charge is 2.20. The van der Waals surface area contributed by atoms with E-state index in [1.54, 1.807) is 5.32 Å². The molecule has 0 saturated heterocycles. The van der Waals surface area contributed by atoms with Crippen molar-refractivity contribution in [1.82, 2.24) is 5.32 Å². The Kier molecular flexibility index (Phi) is 7.53. The highest BCUT2D eigenvalue weighted by molar-refractivity contribution is 6.39. The molecule has 0 saturated carbocycles.